The molecular weight excluding hydrogens is 365 g/mol. The maximum Gasteiger partial charge on any atom is 1.00 e. The molecule has 0 aliphatic carbocycles. The molecule has 6 nitrogen and oxygen atoms in total. The van der Waals surface area contributed by atoms with Gasteiger partial charge in [0.05, 0.1) is 33.7 Å². The summed E-state index contributed by atoms with van der Waals surface area (Å²) in [5, 5.41) is 20.3. The second-order valence-corrected chi connectivity index (χ2v) is 8.67. The average Bonchev–Trinajstić information content (AvgIpc) is 2.92. The van der Waals surface area contributed by atoms with Crippen molar-refractivity contribution in [3.8, 4) is 0 Å². The van der Waals surface area contributed by atoms with Gasteiger partial charge < -0.3 is 14.4 Å². The fourth-order valence-electron chi connectivity index (χ4n) is 3.32. The van der Waals surface area contributed by atoms with Gasteiger partial charge in [0.25, 0.3) is 0 Å². The van der Waals surface area contributed by atoms with Gasteiger partial charge in [0.1, 0.15) is 19.6 Å². The Morgan fingerprint density at radius 2 is 1.54 bits per heavy atom. The number of aliphatic imine (C=N–C) groups is 1. The van der Waals surface area contributed by atoms with E-state index in [0.29, 0.717) is 4.48 Å². The summed E-state index contributed by atoms with van der Waals surface area (Å²) in [7, 11) is 5.40. The van der Waals surface area contributed by atoms with E-state index in [1.54, 1.807) is 21.1 Å². The molecule has 0 aromatic carbocycles. The molecule has 0 fully saturated rings. The maximum atomic E-state index is 10.5. The van der Waals surface area contributed by atoms with Gasteiger partial charge in [-0.2, -0.15) is 0 Å². The van der Waals surface area contributed by atoms with Gasteiger partial charge in [-0.25, -0.2) is 10.2 Å². The molecule has 0 aromatic rings. The van der Waals surface area contributed by atoms with Crippen LogP contribution < -0.4 is 34.7 Å². The summed E-state index contributed by atoms with van der Waals surface area (Å²) >= 11 is 0. The van der Waals surface area contributed by atoms with Crippen molar-refractivity contribution < 1.29 is 53.8 Å². The molecular formula is C21H44N3NaO3+2. The van der Waals surface area contributed by atoms with Crippen LogP contribution in [0, 0.1) is 0 Å². The first-order valence-electron chi connectivity index (χ1n) is 10.8. The average molecular weight is 410 g/mol. The van der Waals surface area contributed by atoms with Gasteiger partial charge in [-0.1, -0.05) is 58.8 Å². The number of aliphatic carboxylic acids is 1. The van der Waals surface area contributed by atoms with Crippen LogP contribution in [-0.2, 0) is 4.79 Å². The monoisotopic (exact) mass is 409 g/mol. The second kappa shape index (κ2) is 16.8. The van der Waals surface area contributed by atoms with Gasteiger partial charge >= 0.3 is 29.6 Å². The summed E-state index contributed by atoms with van der Waals surface area (Å²) in [6.07, 6.45) is 12.9. The van der Waals surface area contributed by atoms with E-state index in [0.717, 1.165) is 38.3 Å². The number of unbranched alkanes of at least 4 members (excludes halogenated alkanes) is 8. The number of hydrogen-bond acceptors (Lipinski definition) is 4. The van der Waals surface area contributed by atoms with Crippen molar-refractivity contribution in [2.75, 3.05) is 47.3 Å². The maximum absolute atomic E-state index is 10.5. The quantitative estimate of drug-likeness (QED) is 0.264. The molecule has 0 amide bonds. The number of nitrogens with zero attached hydrogens (tertiary/aromatic N) is 3. The van der Waals surface area contributed by atoms with Crippen LogP contribution in [0.2, 0.25) is 0 Å². The molecule has 0 saturated carbocycles. The van der Waals surface area contributed by atoms with E-state index in [1.165, 1.54) is 51.4 Å². The number of carbonyl (C=O) groups excluding carboxylic acids is 1. The number of amidine groups is 1. The van der Waals surface area contributed by atoms with E-state index in [-0.39, 0.29) is 40.7 Å². The fraction of sp³-hybridized carbons (Fsp3) is 0.905. The zero-order valence-corrected chi connectivity index (χ0v) is 21.5. The third-order valence-corrected chi connectivity index (χ3v) is 4.80. The van der Waals surface area contributed by atoms with Crippen molar-refractivity contribution in [2.45, 2.75) is 78.1 Å². The molecule has 0 aromatic heterocycles. The second-order valence-electron chi connectivity index (χ2n) is 8.67. The predicted molar refractivity (Wildman–Crippen MR) is 110 cm³/mol. The van der Waals surface area contributed by atoms with Gasteiger partial charge in [-0.15, -0.1) is 4.65 Å². The molecule has 1 N–H and O–H groups in total. The summed E-state index contributed by atoms with van der Waals surface area (Å²) in [6, 6.07) is 0. The van der Waals surface area contributed by atoms with E-state index >= 15 is 0 Å². The van der Waals surface area contributed by atoms with Crippen LogP contribution in [0.25, 0.3) is 0 Å². The van der Waals surface area contributed by atoms with Crippen molar-refractivity contribution in [2.24, 2.45) is 4.99 Å². The van der Waals surface area contributed by atoms with Crippen LogP contribution >= 0.6 is 0 Å². The molecule has 1 heterocycles. The minimum absolute atomic E-state index is 0. The summed E-state index contributed by atoms with van der Waals surface area (Å²) in [6.45, 7) is 6.88. The Bertz CT molecular complexity index is 439. The molecule has 1 atom stereocenters. The first kappa shape index (κ1) is 30.2. The Kier molecular flexibility index (Phi) is 18.1. The first-order chi connectivity index (χ1) is 12.6. The van der Waals surface area contributed by atoms with Crippen molar-refractivity contribution in [3.63, 3.8) is 0 Å². The van der Waals surface area contributed by atoms with E-state index in [4.69, 9.17) is 0 Å². The Morgan fingerprint density at radius 3 is 1.93 bits per heavy atom. The molecule has 1 unspecified atom stereocenters. The van der Waals surface area contributed by atoms with E-state index < -0.39 is 5.97 Å². The largest absolute Gasteiger partial charge is 1.00 e. The summed E-state index contributed by atoms with van der Waals surface area (Å²) in [5.74, 6) is -0.0166. The van der Waals surface area contributed by atoms with Crippen molar-refractivity contribution in [1.82, 2.24) is 0 Å². The van der Waals surface area contributed by atoms with E-state index in [9.17, 15) is 15.1 Å². The molecule has 0 radical (unpaired) electrons. The van der Waals surface area contributed by atoms with Gasteiger partial charge in [-0.05, 0) is 12.8 Å². The van der Waals surface area contributed by atoms with Gasteiger partial charge in [0, 0.05) is 6.42 Å². The summed E-state index contributed by atoms with van der Waals surface area (Å²) in [5.41, 5.74) is 0. The number of carboxylic acids is 1. The first-order valence-corrected chi connectivity index (χ1v) is 10.8. The van der Waals surface area contributed by atoms with Crippen LogP contribution in [0.15, 0.2) is 4.99 Å². The third kappa shape index (κ3) is 15.9. The third-order valence-electron chi connectivity index (χ3n) is 4.80. The number of carbonyl (C=O) groups is 1. The minimum atomic E-state index is -1.00. The van der Waals surface area contributed by atoms with Crippen LogP contribution in [-0.4, -0.2) is 73.5 Å². The SMILES string of the molecule is CCCCCCCCCCC[N+]1(O)CCN=C1CC.C[N+](C)(C)CC(=O)[O-].[Na+]. The van der Waals surface area contributed by atoms with Crippen LogP contribution in [0.1, 0.15) is 78.1 Å². The number of hydrogen-bond donors (Lipinski definition) is 1. The Balaban J connectivity index is 0. The molecule has 7 heteroatoms. The molecule has 28 heavy (non-hydrogen) atoms. The molecule has 160 valence electrons. The minimum Gasteiger partial charge on any atom is -0.544 e. The Labute approximate surface area is 195 Å². The smallest absolute Gasteiger partial charge is 0.544 e. The van der Waals surface area contributed by atoms with Crippen molar-refractivity contribution in [1.29, 1.82) is 0 Å². The Hall–Kier alpha value is 0.0200. The van der Waals surface area contributed by atoms with Gasteiger partial charge in [0.2, 0.25) is 5.84 Å². The number of rotatable bonds is 13. The molecule has 0 spiro atoms. The molecule has 0 saturated heterocycles. The standard InChI is InChI=1S/C16H33N2O.C5H11NO2.Na/c1-3-5-6-7-8-9-10-11-12-14-18(19)15-13-17-16(18)4-2;1-6(2,3)4-5(7)8;/h19H,3-15H2,1-2H3;4H2,1-3H3;/q+1;;+1. The number of quaternary nitrogens is 2. The summed E-state index contributed by atoms with van der Waals surface area (Å²) < 4.78 is 0.551. The van der Waals surface area contributed by atoms with Gasteiger partial charge in [-0.3, -0.25) is 0 Å². The van der Waals surface area contributed by atoms with Crippen LogP contribution in [0.3, 0.4) is 0 Å². The van der Waals surface area contributed by atoms with Crippen LogP contribution in [0.5, 0.6) is 0 Å². The Morgan fingerprint density at radius 1 is 1.04 bits per heavy atom. The van der Waals surface area contributed by atoms with Gasteiger partial charge in [0.15, 0.2) is 0 Å². The fourth-order valence-corrected chi connectivity index (χ4v) is 3.32. The van der Waals surface area contributed by atoms with Crippen LogP contribution in [0.4, 0.5) is 0 Å². The zero-order chi connectivity index (χ0) is 20.8. The normalized spacial score (nSPS) is 18.7. The molecule has 0 bridgehead atoms. The van der Waals surface area contributed by atoms with E-state index in [1.807, 2.05) is 0 Å². The number of likely N-dealkylation sites (N-methyl/N-ethyl adjacent to an activating group) is 1. The molecule has 1 aliphatic rings. The topological polar surface area (TPSA) is 72.7 Å². The van der Waals surface area contributed by atoms with E-state index in [2.05, 4.69) is 18.8 Å². The van der Waals surface area contributed by atoms with Crippen molar-refractivity contribution >= 4 is 11.8 Å². The number of carboxylic acid groups (broad SMARTS) is 1. The zero-order valence-electron chi connectivity index (χ0n) is 19.5. The predicted octanol–water partition coefficient (Wildman–Crippen LogP) is -0.00820. The summed E-state index contributed by atoms with van der Waals surface area (Å²) in [4.78, 5) is 14.3. The molecule has 1 aliphatic heterocycles. The molecule has 1 rings (SSSR count). The van der Waals surface area contributed by atoms with Crippen molar-refractivity contribution in [3.05, 3.63) is 0 Å². The number of hydroxylamine groups is 3.